The normalized spacial score (nSPS) is 11.1. The zero-order chi connectivity index (χ0) is 13.7. The number of ether oxygens (including phenoxy) is 1. The van der Waals surface area contributed by atoms with Crippen LogP contribution in [-0.2, 0) is 4.79 Å². The van der Waals surface area contributed by atoms with Crippen molar-refractivity contribution in [3.05, 3.63) is 72.0 Å². The summed E-state index contributed by atoms with van der Waals surface area (Å²) in [4.78, 5) is 11.5. The molecule has 2 aromatic rings. The molecule has 3 nitrogen and oxygen atoms in total. The van der Waals surface area contributed by atoms with Crippen molar-refractivity contribution in [1.29, 1.82) is 0 Å². The van der Waals surface area contributed by atoms with Crippen molar-refractivity contribution in [2.45, 2.75) is 6.92 Å². The third kappa shape index (κ3) is 3.45. The van der Waals surface area contributed by atoms with Gasteiger partial charge in [-0.25, -0.2) is 0 Å². The van der Waals surface area contributed by atoms with Crippen molar-refractivity contribution < 1.29 is 9.53 Å². The van der Waals surface area contributed by atoms with Gasteiger partial charge in [0.2, 0.25) is 0 Å². The quantitative estimate of drug-likeness (QED) is 0.672. The maximum Gasteiger partial charge on any atom is 0.252 e. The van der Waals surface area contributed by atoms with Crippen molar-refractivity contribution in [3.8, 4) is 5.75 Å². The Hall–Kier alpha value is -2.55. The molecule has 0 heterocycles. The van der Waals surface area contributed by atoms with E-state index in [9.17, 15) is 4.79 Å². The molecule has 0 aliphatic heterocycles. The van der Waals surface area contributed by atoms with Gasteiger partial charge >= 0.3 is 0 Å². The molecule has 0 saturated heterocycles. The van der Waals surface area contributed by atoms with Gasteiger partial charge in [-0.1, -0.05) is 48.0 Å². The number of aryl methyl sites for hydroxylation is 1. The average Bonchev–Trinajstić information content (AvgIpc) is 2.40. The summed E-state index contributed by atoms with van der Waals surface area (Å²) in [6.45, 7) is 1.96. The van der Waals surface area contributed by atoms with E-state index in [2.05, 4.69) is 0 Å². The van der Waals surface area contributed by atoms with Crippen molar-refractivity contribution in [2.24, 2.45) is 5.73 Å². The molecular formula is C16H15NO2. The van der Waals surface area contributed by atoms with Crippen LogP contribution in [0.2, 0.25) is 0 Å². The summed E-state index contributed by atoms with van der Waals surface area (Å²) in [5.74, 6) is 0.149. The molecule has 2 rings (SSSR count). The summed E-state index contributed by atoms with van der Waals surface area (Å²) in [5, 5.41) is 0. The molecule has 0 atom stereocenters. The summed E-state index contributed by atoms with van der Waals surface area (Å²) >= 11 is 0. The second-order valence-electron chi connectivity index (χ2n) is 4.20. The smallest absolute Gasteiger partial charge is 0.252 e. The molecule has 0 aromatic heterocycles. The van der Waals surface area contributed by atoms with Crippen molar-refractivity contribution in [3.63, 3.8) is 0 Å². The molecule has 0 aliphatic rings. The van der Waals surface area contributed by atoms with Gasteiger partial charge in [-0.15, -0.1) is 0 Å². The molecule has 96 valence electrons. The minimum atomic E-state index is -0.512. The number of benzene rings is 2. The Kier molecular flexibility index (Phi) is 3.98. The number of amides is 1. The SMILES string of the molecule is Cc1cccc(C(=COc2ccccc2)C(N)=O)c1. The topological polar surface area (TPSA) is 52.3 Å². The number of nitrogens with two attached hydrogens (primary N) is 1. The van der Waals surface area contributed by atoms with Crippen LogP contribution in [0.25, 0.3) is 5.57 Å². The van der Waals surface area contributed by atoms with E-state index in [1.165, 1.54) is 6.26 Å². The minimum absolute atomic E-state index is 0.354. The lowest BCUT2D eigenvalue weighted by molar-refractivity contribution is -0.112. The van der Waals surface area contributed by atoms with Gasteiger partial charge in [-0.05, 0) is 24.6 Å². The van der Waals surface area contributed by atoms with Crippen LogP contribution >= 0.6 is 0 Å². The maximum absolute atomic E-state index is 11.5. The predicted octanol–water partition coefficient (Wildman–Crippen LogP) is 2.90. The van der Waals surface area contributed by atoms with E-state index in [4.69, 9.17) is 10.5 Å². The highest BCUT2D eigenvalue weighted by Gasteiger charge is 2.09. The van der Waals surface area contributed by atoms with Crippen LogP contribution < -0.4 is 10.5 Å². The highest BCUT2D eigenvalue weighted by Crippen LogP contribution is 2.17. The monoisotopic (exact) mass is 253 g/mol. The predicted molar refractivity (Wildman–Crippen MR) is 75.4 cm³/mol. The summed E-state index contributed by atoms with van der Waals surface area (Å²) < 4.78 is 5.46. The number of carbonyl (C=O) groups is 1. The molecule has 1 amide bonds. The van der Waals surface area contributed by atoms with Gasteiger partial charge in [0.25, 0.3) is 5.91 Å². The van der Waals surface area contributed by atoms with Gasteiger partial charge in [-0.3, -0.25) is 4.79 Å². The van der Waals surface area contributed by atoms with Crippen LogP contribution in [0.3, 0.4) is 0 Å². The molecule has 0 radical (unpaired) electrons. The second kappa shape index (κ2) is 5.87. The molecule has 19 heavy (non-hydrogen) atoms. The van der Waals surface area contributed by atoms with E-state index < -0.39 is 5.91 Å². The molecule has 0 spiro atoms. The lowest BCUT2D eigenvalue weighted by Gasteiger charge is -2.06. The van der Waals surface area contributed by atoms with E-state index >= 15 is 0 Å². The number of carbonyl (C=O) groups excluding carboxylic acids is 1. The van der Waals surface area contributed by atoms with Crippen LogP contribution in [0.4, 0.5) is 0 Å². The lowest BCUT2D eigenvalue weighted by Crippen LogP contribution is -2.13. The Labute approximate surface area is 112 Å². The number of rotatable bonds is 4. The lowest BCUT2D eigenvalue weighted by atomic mass is 10.0. The molecule has 0 fully saturated rings. The van der Waals surface area contributed by atoms with Gasteiger partial charge in [-0.2, -0.15) is 0 Å². The maximum atomic E-state index is 11.5. The van der Waals surface area contributed by atoms with Crippen LogP contribution in [0.1, 0.15) is 11.1 Å². The molecule has 0 unspecified atom stereocenters. The zero-order valence-corrected chi connectivity index (χ0v) is 10.7. The second-order valence-corrected chi connectivity index (χ2v) is 4.20. The highest BCUT2D eigenvalue weighted by atomic mass is 16.5. The molecule has 0 aliphatic carbocycles. The Bertz CT molecular complexity index is 603. The van der Waals surface area contributed by atoms with Gasteiger partial charge in [0.05, 0.1) is 5.57 Å². The van der Waals surface area contributed by atoms with E-state index in [0.717, 1.165) is 11.1 Å². The first-order valence-corrected chi connectivity index (χ1v) is 5.95. The fourth-order valence-corrected chi connectivity index (χ4v) is 1.71. The molecule has 2 aromatic carbocycles. The molecule has 0 saturated carbocycles. The van der Waals surface area contributed by atoms with E-state index in [1.807, 2.05) is 61.5 Å². The summed E-state index contributed by atoms with van der Waals surface area (Å²) in [7, 11) is 0. The van der Waals surface area contributed by atoms with Crippen molar-refractivity contribution >= 4 is 11.5 Å². The highest BCUT2D eigenvalue weighted by molar-refractivity contribution is 6.18. The van der Waals surface area contributed by atoms with Gasteiger partial charge in [0, 0.05) is 0 Å². The van der Waals surface area contributed by atoms with Crippen LogP contribution in [0.5, 0.6) is 5.75 Å². The number of primary amides is 1. The van der Waals surface area contributed by atoms with E-state index in [0.29, 0.717) is 11.3 Å². The largest absolute Gasteiger partial charge is 0.464 e. The fraction of sp³-hybridized carbons (Fsp3) is 0.0625. The first-order valence-electron chi connectivity index (χ1n) is 5.95. The van der Waals surface area contributed by atoms with Crippen LogP contribution in [-0.4, -0.2) is 5.91 Å². The minimum Gasteiger partial charge on any atom is -0.464 e. The standard InChI is InChI=1S/C16H15NO2/c1-12-6-5-7-13(10-12)15(16(17)18)11-19-14-8-3-2-4-9-14/h2-11H,1H3,(H2,17,18). The fourth-order valence-electron chi connectivity index (χ4n) is 1.71. The van der Waals surface area contributed by atoms with E-state index in [-0.39, 0.29) is 0 Å². The summed E-state index contributed by atoms with van der Waals surface area (Å²) in [6, 6.07) is 16.8. The van der Waals surface area contributed by atoms with Gasteiger partial charge in [0.1, 0.15) is 12.0 Å². The van der Waals surface area contributed by atoms with E-state index in [1.54, 1.807) is 0 Å². The Morgan fingerprint density at radius 2 is 1.84 bits per heavy atom. The van der Waals surface area contributed by atoms with Crippen molar-refractivity contribution in [2.75, 3.05) is 0 Å². The van der Waals surface area contributed by atoms with Crippen LogP contribution in [0, 0.1) is 6.92 Å². The van der Waals surface area contributed by atoms with Crippen LogP contribution in [0.15, 0.2) is 60.9 Å². The Balaban J connectivity index is 2.28. The Morgan fingerprint density at radius 3 is 2.47 bits per heavy atom. The Morgan fingerprint density at radius 1 is 1.11 bits per heavy atom. The average molecular weight is 253 g/mol. The molecule has 3 heteroatoms. The third-order valence-corrected chi connectivity index (χ3v) is 2.65. The zero-order valence-electron chi connectivity index (χ0n) is 10.7. The van der Waals surface area contributed by atoms with Gasteiger partial charge in [0.15, 0.2) is 0 Å². The summed E-state index contributed by atoms with van der Waals surface area (Å²) in [6.07, 6.45) is 1.40. The summed E-state index contributed by atoms with van der Waals surface area (Å²) in [5.41, 5.74) is 7.56. The molecule has 2 N–H and O–H groups in total. The number of hydrogen-bond donors (Lipinski definition) is 1. The molecule has 0 bridgehead atoms. The number of para-hydroxylation sites is 1. The number of hydrogen-bond acceptors (Lipinski definition) is 2. The first kappa shape index (κ1) is 12.9. The van der Waals surface area contributed by atoms with Crippen molar-refractivity contribution in [1.82, 2.24) is 0 Å². The molecular weight excluding hydrogens is 238 g/mol. The van der Waals surface area contributed by atoms with Gasteiger partial charge < -0.3 is 10.5 Å². The first-order chi connectivity index (χ1) is 9.16. The third-order valence-electron chi connectivity index (χ3n) is 2.65.